The zero-order valence-electron chi connectivity index (χ0n) is 38.3. The van der Waals surface area contributed by atoms with Gasteiger partial charge in [-0.15, -0.1) is 0 Å². The molecule has 336 valence electrons. The van der Waals surface area contributed by atoms with Gasteiger partial charge in [-0.3, -0.25) is 9.59 Å². The number of ether oxygens (including phenoxy) is 3. The highest BCUT2D eigenvalue weighted by Gasteiger charge is 2.25. The van der Waals surface area contributed by atoms with E-state index in [2.05, 4.69) is 26.0 Å². The maximum atomic E-state index is 12.7. The fourth-order valence-corrected chi connectivity index (χ4v) is 7.36. The number of rotatable bonds is 44. The Balaban J connectivity index is 4.16. The van der Waals surface area contributed by atoms with Crippen molar-refractivity contribution in [2.24, 2.45) is 0 Å². The Kier molecular flexibility index (Phi) is 39.4. The van der Waals surface area contributed by atoms with Crippen molar-refractivity contribution in [2.75, 3.05) is 41.0 Å². The summed E-state index contributed by atoms with van der Waals surface area (Å²) in [4.78, 5) is 36.8. The van der Waals surface area contributed by atoms with Gasteiger partial charge in [0.15, 0.2) is 6.10 Å². The van der Waals surface area contributed by atoms with Gasteiger partial charge in [-0.1, -0.05) is 187 Å². The number of hydrogen-bond donors (Lipinski definition) is 0. The van der Waals surface area contributed by atoms with Gasteiger partial charge in [-0.05, 0) is 38.5 Å². The number of quaternary nitrogens is 1. The molecule has 0 amide bonds. The van der Waals surface area contributed by atoms with Crippen LogP contribution in [0.15, 0.2) is 12.2 Å². The molecule has 0 saturated heterocycles. The van der Waals surface area contributed by atoms with Crippen molar-refractivity contribution in [3.05, 3.63) is 12.2 Å². The molecule has 2 atom stereocenters. The normalized spacial score (nSPS) is 12.9. The Morgan fingerprint density at radius 1 is 0.509 bits per heavy atom. The van der Waals surface area contributed by atoms with Crippen LogP contribution in [0.4, 0.5) is 0 Å². The van der Waals surface area contributed by atoms with Gasteiger partial charge in [-0.25, -0.2) is 0 Å². The second kappa shape index (κ2) is 40.8. The summed E-state index contributed by atoms with van der Waals surface area (Å²) in [6.07, 6.45) is 43.9. The van der Waals surface area contributed by atoms with E-state index in [1.807, 2.05) is 0 Å². The van der Waals surface area contributed by atoms with Gasteiger partial charge in [0.1, 0.15) is 12.6 Å². The molecular weight excluding hydrogens is 715 g/mol. The van der Waals surface area contributed by atoms with Gasteiger partial charge in [-0.2, -0.15) is 0 Å². The molecule has 2 unspecified atom stereocenters. The molecule has 0 N–H and O–H groups in total. The molecule has 0 aromatic heterocycles. The highest BCUT2D eigenvalue weighted by molar-refractivity contribution is 5.70. The van der Waals surface area contributed by atoms with E-state index >= 15 is 0 Å². The predicted molar refractivity (Wildman–Crippen MR) is 236 cm³/mol. The summed E-state index contributed by atoms with van der Waals surface area (Å²) >= 11 is 0. The molecule has 57 heavy (non-hydrogen) atoms. The summed E-state index contributed by atoms with van der Waals surface area (Å²) in [6, 6.07) is -0.722. The third-order valence-electron chi connectivity index (χ3n) is 11.2. The molecule has 0 aliphatic rings. The van der Waals surface area contributed by atoms with Crippen molar-refractivity contribution >= 4 is 17.9 Å². The molecule has 0 aliphatic heterocycles. The third-order valence-corrected chi connectivity index (χ3v) is 11.2. The molecular formula is C49H93NO7. The summed E-state index contributed by atoms with van der Waals surface area (Å²) in [6.45, 7) is 4.68. The van der Waals surface area contributed by atoms with E-state index in [9.17, 15) is 19.5 Å². The summed E-state index contributed by atoms with van der Waals surface area (Å²) in [5.41, 5.74) is 0. The number of carboxylic acids is 1. The maximum Gasteiger partial charge on any atom is 0.306 e. The van der Waals surface area contributed by atoms with Crippen LogP contribution in [0, 0.1) is 0 Å². The Hall–Kier alpha value is -1.93. The second-order valence-corrected chi connectivity index (χ2v) is 17.7. The summed E-state index contributed by atoms with van der Waals surface area (Å²) in [7, 11) is 5.41. The first-order valence-corrected chi connectivity index (χ1v) is 24.2. The first-order valence-electron chi connectivity index (χ1n) is 24.2. The lowest BCUT2D eigenvalue weighted by atomic mass is 10.0. The topological polar surface area (TPSA) is 102 Å². The minimum absolute atomic E-state index is 0.0444. The number of allylic oxidation sites excluding steroid dienone is 2. The van der Waals surface area contributed by atoms with Crippen molar-refractivity contribution in [1.29, 1.82) is 0 Å². The molecule has 0 aliphatic carbocycles. The lowest BCUT2D eigenvalue weighted by Gasteiger charge is -2.34. The zero-order chi connectivity index (χ0) is 42.1. The minimum Gasteiger partial charge on any atom is -0.544 e. The van der Waals surface area contributed by atoms with Crippen LogP contribution in [0.2, 0.25) is 0 Å². The van der Waals surface area contributed by atoms with Crippen LogP contribution in [-0.4, -0.2) is 75.5 Å². The average molecular weight is 808 g/mol. The molecule has 0 saturated carbocycles. The lowest BCUT2D eigenvalue weighted by Crippen LogP contribution is -2.55. The molecule has 0 radical (unpaired) electrons. The minimum atomic E-state index is -1.12. The van der Waals surface area contributed by atoms with E-state index < -0.39 is 18.1 Å². The van der Waals surface area contributed by atoms with Crippen LogP contribution >= 0.6 is 0 Å². The molecule has 0 aromatic rings. The molecule has 0 heterocycles. The fourth-order valence-electron chi connectivity index (χ4n) is 7.36. The maximum absolute atomic E-state index is 12.7. The molecule has 8 nitrogen and oxygen atoms in total. The van der Waals surface area contributed by atoms with Gasteiger partial charge >= 0.3 is 11.9 Å². The number of unbranched alkanes of at least 4 members (excludes halogenated alkanes) is 28. The molecule has 0 aromatic carbocycles. The van der Waals surface area contributed by atoms with Crippen LogP contribution in [0.25, 0.3) is 0 Å². The standard InChI is InChI=1S/C49H93NO7/c1-6-8-10-12-14-16-18-19-20-21-22-23-24-25-26-27-28-29-30-32-34-36-38-40-48(52)57-45(43-55-42-41-46(49(53)54)50(3,4)5)44-56-47(51)39-37-35-33-31-17-15-13-11-9-7-2/h25-26,45-46H,6-24,27-44H2,1-5H3/b26-25+. The van der Waals surface area contributed by atoms with E-state index in [1.165, 1.54) is 161 Å². The Labute approximate surface area is 352 Å². The predicted octanol–water partition coefficient (Wildman–Crippen LogP) is 12.1. The molecule has 0 fully saturated rings. The molecule has 0 bridgehead atoms. The van der Waals surface area contributed by atoms with Crippen molar-refractivity contribution in [3.63, 3.8) is 0 Å². The van der Waals surface area contributed by atoms with Gasteiger partial charge < -0.3 is 28.6 Å². The van der Waals surface area contributed by atoms with E-state index in [1.54, 1.807) is 21.1 Å². The lowest BCUT2D eigenvalue weighted by molar-refractivity contribution is -0.889. The first-order chi connectivity index (χ1) is 27.6. The Bertz CT molecular complexity index is 947. The van der Waals surface area contributed by atoms with Gasteiger partial charge in [0.2, 0.25) is 0 Å². The van der Waals surface area contributed by atoms with Crippen molar-refractivity contribution in [3.8, 4) is 0 Å². The Morgan fingerprint density at radius 2 is 0.877 bits per heavy atom. The monoisotopic (exact) mass is 808 g/mol. The SMILES string of the molecule is CCCCCCCCCCCCCC/C=C/CCCCCCCCCC(=O)OC(COCCC(C(=O)[O-])[N+](C)(C)C)COC(=O)CCCCCCCCCCCC. The Morgan fingerprint density at radius 3 is 1.26 bits per heavy atom. The summed E-state index contributed by atoms with van der Waals surface area (Å²) in [5, 5.41) is 11.6. The second-order valence-electron chi connectivity index (χ2n) is 17.7. The third kappa shape index (κ3) is 39.3. The smallest absolute Gasteiger partial charge is 0.306 e. The van der Waals surface area contributed by atoms with Gasteiger partial charge in [0.25, 0.3) is 0 Å². The average Bonchev–Trinajstić information content (AvgIpc) is 3.17. The van der Waals surface area contributed by atoms with Crippen molar-refractivity contribution in [1.82, 2.24) is 0 Å². The van der Waals surface area contributed by atoms with Crippen molar-refractivity contribution < 1.29 is 38.2 Å². The number of carbonyl (C=O) groups excluding carboxylic acids is 3. The van der Waals surface area contributed by atoms with Crippen LogP contribution in [0.3, 0.4) is 0 Å². The van der Waals surface area contributed by atoms with Crippen LogP contribution in [0.1, 0.15) is 232 Å². The van der Waals surface area contributed by atoms with E-state index in [0.717, 1.165) is 38.5 Å². The number of nitrogens with zero attached hydrogens (tertiary/aromatic N) is 1. The highest BCUT2D eigenvalue weighted by Crippen LogP contribution is 2.15. The molecule has 8 heteroatoms. The van der Waals surface area contributed by atoms with E-state index in [4.69, 9.17) is 14.2 Å². The van der Waals surface area contributed by atoms with Crippen LogP contribution in [-0.2, 0) is 28.6 Å². The number of carbonyl (C=O) groups is 3. The highest BCUT2D eigenvalue weighted by atomic mass is 16.6. The number of aliphatic carboxylic acids is 1. The van der Waals surface area contributed by atoms with Crippen LogP contribution < -0.4 is 5.11 Å². The largest absolute Gasteiger partial charge is 0.544 e. The van der Waals surface area contributed by atoms with Crippen LogP contribution in [0.5, 0.6) is 0 Å². The van der Waals surface area contributed by atoms with Crippen molar-refractivity contribution in [2.45, 2.75) is 244 Å². The number of hydrogen-bond acceptors (Lipinski definition) is 7. The first kappa shape index (κ1) is 55.1. The number of likely N-dealkylation sites (N-methyl/N-ethyl adjacent to an activating group) is 1. The summed E-state index contributed by atoms with van der Waals surface area (Å²) in [5.74, 6) is -1.73. The fraction of sp³-hybridized carbons (Fsp3) is 0.898. The number of carboxylic acid groups (broad SMARTS) is 1. The van der Waals surface area contributed by atoms with E-state index in [-0.39, 0.29) is 42.7 Å². The molecule has 0 spiro atoms. The van der Waals surface area contributed by atoms with Gasteiger partial charge in [0, 0.05) is 19.3 Å². The zero-order valence-corrected chi connectivity index (χ0v) is 38.3. The van der Waals surface area contributed by atoms with E-state index in [0.29, 0.717) is 12.8 Å². The summed E-state index contributed by atoms with van der Waals surface area (Å²) < 4.78 is 17.2. The van der Waals surface area contributed by atoms with Gasteiger partial charge in [0.05, 0.1) is 40.3 Å². The quantitative estimate of drug-likeness (QED) is 0.0261. The number of esters is 2. The molecule has 0 rings (SSSR count).